The maximum atomic E-state index is 11.3. The van der Waals surface area contributed by atoms with Crippen LogP contribution < -0.4 is 5.73 Å². The number of carbonyl (C=O) groups is 1. The van der Waals surface area contributed by atoms with Gasteiger partial charge in [-0.3, -0.25) is 9.78 Å². The van der Waals surface area contributed by atoms with Crippen molar-refractivity contribution in [2.75, 3.05) is 6.54 Å². The molecule has 2 N–H and O–H groups in total. The van der Waals surface area contributed by atoms with Crippen molar-refractivity contribution < 1.29 is 4.79 Å². The minimum absolute atomic E-state index is 0.142. The molecule has 0 amide bonds. The van der Waals surface area contributed by atoms with Gasteiger partial charge in [-0.15, -0.1) is 0 Å². The first kappa shape index (κ1) is 8.87. The third-order valence-electron chi connectivity index (χ3n) is 1.61. The number of rotatable bonds is 4. The van der Waals surface area contributed by atoms with E-state index in [-0.39, 0.29) is 5.78 Å². The third kappa shape index (κ3) is 2.43. The molecule has 0 saturated carbocycles. The number of hydrogen-bond donors (Lipinski definition) is 1. The number of Topliss-reactive ketones (excluding diaryl/α,β-unsaturated/α-hetero) is 1. The van der Waals surface area contributed by atoms with Crippen molar-refractivity contribution in [3.63, 3.8) is 0 Å². The summed E-state index contributed by atoms with van der Waals surface area (Å²) in [6.07, 6.45) is 4.52. The molecule has 0 aromatic carbocycles. The number of carbonyl (C=O) groups excluding carboxylic acids is 1. The fraction of sp³-hybridized carbons (Fsp3) is 0.333. The van der Waals surface area contributed by atoms with Crippen LogP contribution in [-0.2, 0) is 0 Å². The van der Waals surface area contributed by atoms with Crippen molar-refractivity contribution in [3.8, 4) is 0 Å². The highest BCUT2D eigenvalue weighted by Crippen LogP contribution is 2.02. The Morgan fingerprint density at radius 2 is 2.08 bits per heavy atom. The Labute approximate surface area is 71.6 Å². The van der Waals surface area contributed by atoms with E-state index in [0.717, 1.165) is 12.0 Å². The number of ketones is 1. The van der Waals surface area contributed by atoms with Gasteiger partial charge in [0.05, 0.1) is 0 Å². The molecule has 0 aliphatic rings. The van der Waals surface area contributed by atoms with Crippen LogP contribution in [0.1, 0.15) is 23.2 Å². The molecule has 0 saturated heterocycles. The summed E-state index contributed by atoms with van der Waals surface area (Å²) < 4.78 is 0. The number of nitrogens with two attached hydrogens (primary N) is 1. The highest BCUT2D eigenvalue weighted by atomic mass is 16.1. The normalized spacial score (nSPS) is 9.75. The zero-order valence-corrected chi connectivity index (χ0v) is 6.86. The molecule has 12 heavy (non-hydrogen) atoms. The smallest absolute Gasteiger partial charge is 0.163 e. The Morgan fingerprint density at radius 1 is 1.42 bits per heavy atom. The van der Waals surface area contributed by atoms with E-state index in [0.29, 0.717) is 13.0 Å². The zero-order chi connectivity index (χ0) is 8.81. The number of pyridine rings is 1. The fourth-order valence-electron chi connectivity index (χ4n) is 0.945. The highest BCUT2D eigenvalue weighted by Gasteiger charge is 2.02. The molecule has 0 spiro atoms. The van der Waals surface area contributed by atoms with Crippen LogP contribution in [0.25, 0.3) is 0 Å². The Kier molecular flexibility index (Phi) is 3.41. The summed E-state index contributed by atoms with van der Waals surface area (Å²) in [5.74, 6) is 0.142. The molecule has 0 unspecified atom stereocenters. The van der Waals surface area contributed by atoms with Gasteiger partial charge in [-0.1, -0.05) is 0 Å². The minimum Gasteiger partial charge on any atom is -0.330 e. The van der Waals surface area contributed by atoms with E-state index < -0.39 is 0 Å². The molecule has 1 aromatic heterocycles. The van der Waals surface area contributed by atoms with E-state index >= 15 is 0 Å². The molecule has 3 nitrogen and oxygen atoms in total. The van der Waals surface area contributed by atoms with Gasteiger partial charge >= 0.3 is 0 Å². The van der Waals surface area contributed by atoms with Gasteiger partial charge in [0.1, 0.15) is 0 Å². The van der Waals surface area contributed by atoms with E-state index in [9.17, 15) is 4.79 Å². The molecule has 0 aliphatic carbocycles. The molecule has 1 aromatic rings. The van der Waals surface area contributed by atoms with Gasteiger partial charge in [0.25, 0.3) is 0 Å². The standard InChI is InChI=1S/C9H12N2O/c10-5-1-2-9(12)8-3-6-11-7-4-8/h3-4,6-7H,1-2,5,10H2. The molecular formula is C9H12N2O. The summed E-state index contributed by atoms with van der Waals surface area (Å²) in [6, 6.07) is 3.44. The molecule has 0 radical (unpaired) electrons. The summed E-state index contributed by atoms with van der Waals surface area (Å²) >= 11 is 0. The molecule has 3 heteroatoms. The van der Waals surface area contributed by atoms with Crippen molar-refractivity contribution >= 4 is 5.78 Å². The van der Waals surface area contributed by atoms with Crippen molar-refractivity contribution in [2.45, 2.75) is 12.8 Å². The second kappa shape index (κ2) is 4.62. The lowest BCUT2D eigenvalue weighted by atomic mass is 10.1. The Balaban J connectivity index is 2.54. The Morgan fingerprint density at radius 3 is 2.67 bits per heavy atom. The van der Waals surface area contributed by atoms with Crippen molar-refractivity contribution in [3.05, 3.63) is 30.1 Å². The van der Waals surface area contributed by atoms with Crippen LogP contribution >= 0.6 is 0 Å². The lowest BCUT2D eigenvalue weighted by molar-refractivity contribution is 0.0980. The summed E-state index contributed by atoms with van der Waals surface area (Å²) in [7, 11) is 0. The van der Waals surface area contributed by atoms with Gasteiger partial charge in [0.2, 0.25) is 0 Å². The van der Waals surface area contributed by atoms with Crippen LogP contribution in [0.2, 0.25) is 0 Å². The SMILES string of the molecule is NCCCC(=O)c1ccncc1. The van der Waals surface area contributed by atoms with E-state index in [1.54, 1.807) is 24.5 Å². The van der Waals surface area contributed by atoms with Gasteiger partial charge in [-0.25, -0.2) is 0 Å². The highest BCUT2D eigenvalue weighted by molar-refractivity contribution is 5.95. The molecule has 0 atom stereocenters. The lowest BCUT2D eigenvalue weighted by Crippen LogP contribution is -2.04. The van der Waals surface area contributed by atoms with Gasteiger partial charge in [0.15, 0.2) is 5.78 Å². The van der Waals surface area contributed by atoms with Crippen LogP contribution in [0.15, 0.2) is 24.5 Å². The zero-order valence-electron chi connectivity index (χ0n) is 6.86. The van der Waals surface area contributed by atoms with Gasteiger partial charge < -0.3 is 5.73 Å². The van der Waals surface area contributed by atoms with E-state index in [4.69, 9.17) is 5.73 Å². The van der Waals surface area contributed by atoms with Crippen LogP contribution in [-0.4, -0.2) is 17.3 Å². The number of aromatic nitrogens is 1. The average molecular weight is 164 g/mol. The Bertz CT molecular complexity index is 246. The fourth-order valence-corrected chi connectivity index (χ4v) is 0.945. The van der Waals surface area contributed by atoms with Crippen molar-refractivity contribution in [1.82, 2.24) is 4.98 Å². The largest absolute Gasteiger partial charge is 0.330 e. The van der Waals surface area contributed by atoms with Crippen LogP contribution in [0.5, 0.6) is 0 Å². The number of nitrogens with zero attached hydrogens (tertiary/aromatic N) is 1. The number of hydrogen-bond acceptors (Lipinski definition) is 3. The maximum absolute atomic E-state index is 11.3. The summed E-state index contributed by atoms with van der Waals surface area (Å²) in [4.78, 5) is 15.2. The molecule has 1 rings (SSSR count). The van der Waals surface area contributed by atoms with Crippen molar-refractivity contribution in [2.24, 2.45) is 5.73 Å². The summed E-state index contributed by atoms with van der Waals surface area (Å²) in [6.45, 7) is 0.566. The van der Waals surface area contributed by atoms with E-state index in [2.05, 4.69) is 4.98 Å². The third-order valence-corrected chi connectivity index (χ3v) is 1.61. The minimum atomic E-state index is 0.142. The van der Waals surface area contributed by atoms with Gasteiger partial charge in [-0.2, -0.15) is 0 Å². The first-order valence-electron chi connectivity index (χ1n) is 3.98. The lowest BCUT2D eigenvalue weighted by Gasteiger charge is -1.97. The summed E-state index contributed by atoms with van der Waals surface area (Å²) in [5.41, 5.74) is 6.01. The first-order valence-corrected chi connectivity index (χ1v) is 3.98. The average Bonchev–Trinajstić information content (AvgIpc) is 2.15. The van der Waals surface area contributed by atoms with E-state index in [1.807, 2.05) is 0 Å². The second-order valence-electron chi connectivity index (χ2n) is 2.55. The first-order chi connectivity index (χ1) is 5.84. The van der Waals surface area contributed by atoms with Gasteiger partial charge in [-0.05, 0) is 25.1 Å². The van der Waals surface area contributed by atoms with Crippen molar-refractivity contribution in [1.29, 1.82) is 0 Å². The van der Waals surface area contributed by atoms with Crippen LogP contribution in [0.4, 0.5) is 0 Å². The monoisotopic (exact) mass is 164 g/mol. The maximum Gasteiger partial charge on any atom is 0.163 e. The topological polar surface area (TPSA) is 56.0 Å². The van der Waals surface area contributed by atoms with Crippen LogP contribution in [0.3, 0.4) is 0 Å². The molecule has 0 bridgehead atoms. The quantitative estimate of drug-likeness (QED) is 0.675. The molecule has 0 fully saturated rings. The molecular weight excluding hydrogens is 152 g/mol. The predicted octanol–water partition coefficient (Wildman–Crippen LogP) is 1.00. The van der Waals surface area contributed by atoms with Gasteiger partial charge in [0, 0.05) is 24.4 Å². The second-order valence-corrected chi connectivity index (χ2v) is 2.55. The Hall–Kier alpha value is -1.22. The van der Waals surface area contributed by atoms with E-state index in [1.165, 1.54) is 0 Å². The molecule has 64 valence electrons. The summed E-state index contributed by atoms with van der Waals surface area (Å²) in [5, 5.41) is 0. The molecule has 0 aliphatic heterocycles. The predicted molar refractivity (Wildman–Crippen MR) is 46.9 cm³/mol. The molecule has 1 heterocycles. The van der Waals surface area contributed by atoms with Crippen LogP contribution in [0, 0.1) is 0 Å².